The maximum absolute atomic E-state index is 13.1. The normalized spacial score (nSPS) is 13.2. The van der Waals surface area contributed by atoms with Gasteiger partial charge in [0.05, 0.1) is 27.8 Å². The predicted molar refractivity (Wildman–Crippen MR) is 153 cm³/mol. The van der Waals surface area contributed by atoms with E-state index in [0.717, 1.165) is 72.8 Å². The Hall–Kier alpha value is -3.71. The zero-order chi connectivity index (χ0) is 27.6. The molecule has 208 valence electrons. The second-order valence-corrected chi connectivity index (χ2v) is 9.95. The SMILES string of the molecule is COc1ccc(CCN(C)CCCN2CCc3cc(OCc4ccccc4)c(OC)cc3CC2=O)cc1OC. The van der Waals surface area contributed by atoms with Gasteiger partial charge in [0.2, 0.25) is 5.91 Å². The van der Waals surface area contributed by atoms with E-state index in [1.54, 1.807) is 21.3 Å². The summed E-state index contributed by atoms with van der Waals surface area (Å²) in [5, 5.41) is 0. The molecule has 1 heterocycles. The van der Waals surface area contributed by atoms with Gasteiger partial charge in [-0.2, -0.15) is 0 Å². The average Bonchev–Trinajstić information content (AvgIpc) is 3.12. The molecule has 3 aromatic carbocycles. The first-order valence-electron chi connectivity index (χ1n) is 13.5. The highest BCUT2D eigenvalue weighted by atomic mass is 16.5. The van der Waals surface area contributed by atoms with Gasteiger partial charge in [0.25, 0.3) is 0 Å². The van der Waals surface area contributed by atoms with Gasteiger partial charge in [-0.15, -0.1) is 0 Å². The molecule has 0 aliphatic carbocycles. The maximum Gasteiger partial charge on any atom is 0.227 e. The summed E-state index contributed by atoms with van der Waals surface area (Å²) in [5.74, 6) is 3.06. The van der Waals surface area contributed by atoms with Gasteiger partial charge >= 0.3 is 0 Å². The molecule has 0 radical (unpaired) electrons. The zero-order valence-corrected chi connectivity index (χ0v) is 23.6. The topological polar surface area (TPSA) is 60.5 Å². The molecular weight excluding hydrogens is 492 g/mol. The molecule has 1 amide bonds. The Morgan fingerprint density at radius 2 is 1.51 bits per heavy atom. The predicted octanol–water partition coefficient (Wildman–Crippen LogP) is 4.78. The number of carbonyl (C=O) groups is 1. The Labute approximate surface area is 232 Å². The molecule has 0 aromatic heterocycles. The van der Waals surface area contributed by atoms with Crippen LogP contribution in [0.5, 0.6) is 23.0 Å². The van der Waals surface area contributed by atoms with Crippen LogP contribution in [-0.4, -0.2) is 70.3 Å². The lowest BCUT2D eigenvalue weighted by Crippen LogP contribution is -2.35. The van der Waals surface area contributed by atoms with Gasteiger partial charge in [-0.3, -0.25) is 4.79 Å². The Bertz CT molecular complexity index is 1230. The van der Waals surface area contributed by atoms with Crippen LogP contribution in [0.15, 0.2) is 60.7 Å². The molecule has 0 saturated carbocycles. The first-order valence-corrected chi connectivity index (χ1v) is 13.5. The van der Waals surface area contributed by atoms with E-state index in [-0.39, 0.29) is 5.91 Å². The van der Waals surface area contributed by atoms with Crippen LogP contribution < -0.4 is 18.9 Å². The maximum atomic E-state index is 13.1. The number of rotatable bonds is 13. The fraction of sp³-hybridized carbons (Fsp3) is 0.406. The highest BCUT2D eigenvalue weighted by Crippen LogP contribution is 2.33. The Morgan fingerprint density at radius 1 is 0.795 bits per heavy atom. The minimum absolute atomic E-state index is 0.168. The van der Waals surface area contributed by atoms with Crippen LogP contribution in [0.4, 0.5) is 0 Å². The lowest BCUT2D eigenvalue weighted by Gasteiger charge is -2.23. The first-order chi connectivity index (χ1) is 19.0. The highest BCUT2D eigenvalue weighted by molar-refractivity contribution is 5.80. The van der Waals surface area contributed by atoms with Crippen molar-refractivity contribution in [2.75, 3.05) is 54.6 Å². The van der Waals surface area contributed by atoms with Crippen LogP contribution >= 0.6 is 0 Å². The molecule has 7 heteroatoms. The molecule has 0 atom stereocenters. The van der Waals surface area contributed by atoms with Gasteiger partial charge in [0, 0.05) is 19.6 Å². The third-order valence-electron chi connectivity index (χ3n) is 7.27. The number of methoxy groups -OCH3 is 3. The summed E-state index contributed by atoms with van der Waals surface area (Å²) in [5.41, 5.74) is 4.49. The summed E-state index contributed by atoms with van der Waals surface area (Å²) >= 11 is 0. The van der Waals surface area contributed by atoms with Crippen LogP contribution in [0.25, 0.3) is 0 Å². The molecular formula is C32H40N2O5. The minimum atomic E-state index is 0.168. The van der Waals surface area contributed by atoms with Crippen LogP contribution in [0.1, 0.15) is 28.7 Å². The van der Waals surface area contributed by atoms with Crippen molar-refractivity contribution >= 4 is 5.91 Å². The van der Waals surface area contributed by atoms with Gasteiger partial charge < -0.3 is 28.7 Å². The number of amides is 1. The fourth-order valence-electron chi connectivity index (χ4n) is 4.94. The number of benzene rings is 3. The van der Waals surface area contributed by atoms with Crippen molar-refractivity contribution in [2.45, 2.75) is 32.3 Å². The van der Waals surface area contributed by atoms with E-state index in [0.29, 0.717) is 25.3 Å². The second kappa shape index (κ2) is 13.9. The molecule has 7 nitrogen and oxygen atoms in total. The standard InChI is InChI=1S/C32H40N2O5/c1-33(17-13-24-11-12-28(36-2)29(19-24)37-3)15-8-16-34-18-14-26-20-31(39-23-25-9-6-5-7-10-25)30(38-4)21-27(26)22-32(34)35/h5-7,9-12,19-21H,8,13-18,22-23H2,1-4H3. The molecule has 39 heavy (non-hydrogen) atoms. The second-order valence-electron chi connectivity index (χ2n) is 9.95. The van der Waals surface area contributed by atoms with Crippen molar-refractivity contribution in [1.82, 2.24) is 9.80 Å². The van der Waals surface area contributed by atoms with Crippen molar-refractivity contribution < 1.29 is 23.7 Å². The van der Waals surface area contributed by atoms with E-state index >= 15 is 0 Å². The number of carbonyl (C=O) groups excluding carboxylic acids is 1. The lowest BCUT2D eigenvalue weighted by atomic mass is 10.0. The fourth-order valence-corrected chi connectivity index (χ4v) is 4.94. The van der Waals surface area contributed by atoms with Crippen LogP contribution in [-0.2, 0) is 30.7 Å². The van der Waals surface area contributed by atoms with Gasteiger partial charge in [-0.05, 0) is 79.4 Å². The Balaban J connectivity index is 1.27. The van der Waals surface area contributed by atoms with E-state index in [1.165, 1.54) is 5.56 Å². The van der Waals surface area contributed by atoms with E-state index in [1.807, 2.05) is 53.4 Å². The number of likely N-dealkylation sites (N-methyl/N-ethyl adjacent to an activating group) is 1. The summed E-state index contributed by atoms with van der Waals surface area (Å²) < 4.78 is 22.5. The van der Waals surface area contributed by atoms with Crippen molar-refractivity contribution in [3.8, 4) is 23.0 Å². The number of ether oxygens (including phenoxy) is 4. The van der Waals surface area contributed by atoms with Crippen LogP contribution in [0, 0.1) is 0 Å². The zero-order valence-electron chi connectivity index (χ0n) is 23.6. The molecule has 1 aliphatic rings. The molecule has 0 bridgehead atoms. The summed E-state index contributed by atoms with van der Waals surface area (Å²) in [6.07, 6.45) is 3.05. The lowest BCUT2D eigenvalue weighted by molar-refractivity contribution is -0.130. The monoisotopic (exact) mass is 532 g/mol. The van der Waals surface area contributed by atoms with Gasteiger partial charge in [-0.1, -0.05) is 36.4 Å². The van der Waals surface area contributed by atoms with Crippen LogP contribution in [0.2, 0.25) is 0 Å². The van der Waals surface area contributed by atoms with Gasteiger partial charge in [-0.25, -0.2) is 0 Å². The molecule has 0 spiro atoms. The van der Waals surface area contributed by atoms with Crippen LogP contribution in [0.3, 0.4) is 0 Å². The Kier molecular flexibility index (Phi) is 10.1. The van der Waals surface area contributed by atoms with Crippen molar-refractivity contribution in [2.24, 2.45) is 0 Å². The van der Waals surface area contributed by atoms with E-state index < -0.39 is 0 Å². The van der Waals surface area contributed by atoms with E-state index in [4.69, 9.17) is 18.9 Å². The number of fused-ring (bicyclic) bond motifs is 1. The van der Waals surface area contributed by atoms with Crippen molar-refractivity contribution in [1.29, 1.82) is 0 Å². The molecule has 0 unspecified atom stereocenters. The van der Waals surface area contributed by atoms with Crippen molar-refractivity contribution in [3.63, 3.8) is 0 Å². The minimum Gasteiger partial charge on any atom is -0.493 e. The summed E-state index contributed by atoms with van der Waals surface area (Å²) in [7, 11) is 7.08. The van der Waals surface area contributed by atoms with E-state index in [9.17, 15) is 4.79 Å². The number of hydrogen-bond acceptors (Lipinski definition) is 6. The first kappa shape index (κ1) is 28.3. The molecule has 0 fully saturated rings. The third kappa shape index (κ3) is 7.67. The number of nitrogens with zero attached hydrogens (tertiary/aromatic N) is 2. The van der Waals surface area contributed by atoms with Gasteiger partial charge in [0.1, 0.15) is 6.61 Å². The van der Waals surface area contributed by atoms with E-state index in [2.05, 4.69) is 24.1 Å². The summed E-state index contributed by atoms with van der Waals surface area (Å²) in [4.78, 5) is 17.4. The Morgan fingerprint density at radius 3 is 2.26 bits per heavy atom. The largest absolute Gasteiger partial charge is 0.493 e. The smallest absolute Gasteiger partial charge is 0.227 e. The highest BCUT2D eigenvalue weighted by Gasteiger charge is 2.23. The molecule has 4 rings (SSSR count). The summed E-state index contributed by atoms with van der Waals surface area (Å²) in [6.45, 7) is 3.80. The molecule has 0 saturated heterocycles. The summed E-state index contributed by atoms with van der Waals surface area (Å²) in [6, 6.07) is 20.2. The number of hydrogen-bond donors (Lipinski definition) is 0. The average molecular weight is 533 g/mol. The molecule has 1 aliphatic heterocycles. The van der Waals surface area contributed by atoms with Crippen molar-refractivity contribution in [3.05, 3.63) is 82.9 Å². The van der Waals surface area contributed by atoms with Gasteiger partial charge in [0.15, 0.2) is 23.0 Å². The molecule has 3 aromatic rings. The third-order valence-corrected chi connectivity index (χ3v) is 7.27. The molecule has 0 N–H and O–H groups in total. The quantitative estimate of drug-likeness (QED) is 0.316.